The SMILES string of the molecule is CS(=O)(=O)c1ccc([14CH2]C(=O)O)cc1. The van der Waals surface area contributed by atoms with Crippen LogP contribution in [0, 0.1) is 0 Å². The fraction of sp³-hybridized carbons (Fsp3) is 0.222. The molecule has 0 aromatic heterocycles. The van der Waals surface area contributed by atoms with Crippen LogP contribution in [0.1, 0.15) is 5.56 Å². The third kappa shape index (κ3) is 2.85. The van der Waals surface area contributed by atoms with Gasteiger partial charge in [0.05, 0.1) is 11.3 Å². The average molecular weight is 216 g/mol. The number of carbonyl (C=O) groups is 1. The first-order valence-electron chi connectivity index (χ1n) is 3.90. The molecular weight excluding hydrogens is 206 g/mol. The zero-order chi connectivity index (χ0) is 10.8. The zero-order valence-electron chi connectivity index (χ0n) is 7.60. The minimum absolute atomic E-state index is 0.0932. The Morgan fingerprint density at radius 1 is 1.29 bits per heavy atom. The van der Waals surface area contributed by atoms with Gasteiger partial charge in [0, 0.05) is 6.26 Å². The second-order valence-corrected chi connectivity index (χ2v) is 5.00. The molecule has 0 saturated carbocycles. The lowest BCUT2D eigenvalue weighted by Gasteiger charge is -1.99. The van der Waals surface area contributed by atoms with Crippen LogP contribution in [-0.4, -0.2) is 25.7 Å². The van der Waals surface area contributed by atoms with Gasteiger partial charge in [-0.15, -0.1) is 0 Å². The number of sulfone groups is 1. The maximum absolute atomic E-state index is 11.1. The van der Waals surface area contributed by atoms with E-state index in [4.69, 9.17) is 5.11 Å². The largest absolute Gasteiger partial charge is 0.481 e. The monoisotopic (exact) mass is 216 g/mol. The van der Waals surface area contributed by atoms with Crippen LogP contribution in [0.15, 0.2) is 29.2 Å². The number of benzene rings is 1. The van der Waals surface area contributed by atoms with Crippen molar-refractivity contribution in [1.29, 1.82) is 0 Å². The van der Waals surface area contributed by atoms with Gasteiger partial charge in [0.2, 0.25) is 0 Å². The summed E-state index contributed by atoms with van der Waals surface area (Å²) in [5, 5.41) is 8.48. The molecular formula is C9H10O4S. The predicted molar refractivity (Wildman–Crippen MR) is 50.9 cm³/mol. The van der Waals surface area contributed by atoms with Crippen molar-refractivity contribution >= 4 is 15.8 Å². The van der Waals surface area contributed by atoms with E-state index in [-0.39, 0.29) is 11.3 Å². The lowest BCUT2D eigenvalue weighted by molar-refractivity contribution is -0.136. The highest BCUT2D eigenvalue weighted by molar-refractivity contribution is 7.90. The van der Waals surface area contributed by atoms with E-state index in [0.717, 1.165) is 6.26 Å². The van der Waals surface area contributed by atoms with Gasteiger partial charge in [-0.1, -0.05) is 12.1 Å². The fourth-order valence-electron chi connectivity index (χ4n) is 1.03. The van der Waals surface area contributed by atoms with Gasteiger partial charge in [-0.3, -0.25) is 4.79 Å². The molecule has 0 amide bonds. The molecule has 0 radical (unpaired) electrons. The molecule has 1 aromatic rings. The molecule has 5 heteroatoms. The van der Waals surface area contributed by atoms with E-state index in [1.165, 1.54) is 24.3 Å². The highest BCUT2D eigenvalue weighted by Gasteiger charge is 2.06. The third-order valence-corrected chi connectivity index (χ3v) is 2.84. The van der Waals surface area contributed by atoms with Crippen molar-refractivity contribution in [3.8, 4) is 0 Å². The predicted octanol–water partition coefficient (Wildman–Crippen LogP) is 0.717. The van der Waals surface area contributed by atoms with E-state index in [2.05, 4.69) is 0 Å². The molecule has 0 aliphatic carbocycles. The molecule has 14 heavy (non-hydrogen) atoms. The van der Waals surface area contributed by atoms with Crippen LogP contribution in [0.4, 0.5) is 0 Å². The molecule has 0 unspecified atom stereocenters. The van der Waals surface area contributed by atoms with Crippen molar-refractivity contribution in [2.24, 2.45) is 0 Å². The highest BCUT2D eigenvalue weighted by Crippen LogP contribution is 2.10. The topological polar surface area (TPSA) is 71.4 Å². The van der Waals surface area contributed by atoms with Gasteiger partial charge >= 0.3 is 5.97 Å². The molecule has 0 aliphatic rings. The molecule has 1 rings (SSSR count). The minimum Gasteiger partial charge on any atom is -0.481 e. The van der Waals surface area contributed by atoms with E-state index < -0.39 is 15.8 Å². The molecule has 0 heterocycles. The van der Waals surface area contributed by atoms with Gasteiger partial charge in [0.1, 0.15) is 0 Å². The van der Waals surface area contributed by atoms with Crippen molar-refractivity contribution in [1.82, 2.24) is 0 Å². The van der Waals surface area contributed by atoms with Crippen LogP contribution in [0.3, 0.4) is 0 Å². The maximum Gasteiger partial charge on any atom is 0.307 e. The van der Waals surface area contributed by atoms with Crippen LogP contribution < -0.4 is 0 Å². The first-order valence-corrected chi connectivity index (χ1v) is 5.79. The van der Waals surface area contributed by atoms with Crippen molar-refractivity contribution in [2.75, 3.05) is 6.26 Å². The second kappa shape index (κ2) is 3.79. The van der Waals surface area contributed by atoms with Gasteiger partial charge in [0.15, 0.2) is 9.84 Å². The Morgan fingerprint density at radius 2 is 1.79 bits per heavy atom. The van der Waals surface area contributed by atoms with Crippen molar-refractivity contribution < 1.29 is 18.3 Å². The average Bonchev–Trinajstić information content (AvgIpc) is 2.02. The summed E-state index contributed by atoms with van der Waals surface area (Å²) in [6.45, 7) is 0. The van der Waals surface area contributed by atoms with Crippen LogP contribution in [-0.2, 0) is 21.1 Å². The van der Waals surface area contributed by atoms with Gasteiger partial charge in [-0.2, -0.15) is 0 Å². The molecule has 0 saturated heterocycles. The maximum atomic E-state index is 11.1. The Bertz CT molecular complexity index is 430. The number of carboxylic acids is 1. The Morgan fingerprint density at radius 3 is 2.14 bits per heavy atom. The van der Waals surface area contributed by atoms with E-state index in [1.54, 1.807) is 0 Å². The Hall–Kier alpha value is -1.36. The van der Waals surface area contributed by atoms with Crippen LogP contribution in [0.25, 0.3) is 0 Å². The van der Waals surface area contributed by atoms with Gasteiger partial charge < -0.3 is 5.11 Å². The molecule has 1 aromatic carbocycles. The van der Waals surface area contributed by atoms with Gasteiger partial charge in [0.25, 0.3) is 0 Å². The molecule has 0 aliphatic heterocycles. The molecule has 76 valence electrons. The van der Waals surface area contributed by atoms with E-state index in [1.807, 2.05) is 0 Å². The third-order valence-electron chi connectivity index (χ3n) is 1.71. The lowest BCUT2D eigenvalue weighted by atomic mass is 10.3. The molecule has 0 atom stereocenters. The quantitative estimate of drug-likeness (QED) is 0.808. The molecule has 0 bridgehead atoms. The number of hydrogen-bond acceptors (Lipinski definition) is 3. The standard InChI is InChI=1S/C9H10O4S/c1-14(12,13)8-4-2-7(3-5-8)6-9(10)11/h2-5H,6H2,1H3,(H,10,11)/i6+2. The fourth-order valence-corrected chi connectivity index (χ4v) is 1.66. The van der Waals surface area contributed by atoms with Crippen LogP contribution >= 0.6 is 0 Å². The van der Waals surface area contributed by atoms with Crippen molar-refractivity contribution in [2.45, 2.75) is 11.3 Å². The smallest absolute Gasteiger partial charge is 0.307 e. The van der Waals surface area contributed by atoms with Crippen molar-refractivity contribution in [3.05, 3.63) is 29.8 Å². The van der Waals surface area contributed by atoms with E-state index >= 15 is 0 Å². The first kappa shape index (κ1) is 10.7. The lowest BCUT2D eigenvalue weighted by Crippen LogP contribution is -2.01. The minimum atomic E-state index is -3.20. The van der Waals surface area contributed by atoms with Crippen LogP contribution in [0.2, 0.25) is 0 Å². The summed E-state index contributed by atoms with van der Waals surface area (Å²) in [5.41, 5.74) is 0.588. The summed E-state index contributed by atoms with van der Waals surface area (Å²) in [5.74, 6) is -0.933. The number of aliphatic carboxylic acids is 1. The molecule has 0 spiro atoms. The first-order chi connectivity index (χ1) is 6.39. The second-order valence-electron chi connectivity index (χ2n) is 2.99. The van der Waals surface area contributed by atoms with Gasteiger partial charge in [-0.25, -0.2) is 8.42 Å². The number of hydrogen-bond donors (Lipinski definition) is 1. The van der Waals surface area contributed by atoms with E-state index in [9.17, 15) is 13.2 Å². The van der Waals surface area contributed by atoms with Crippen LogP contribution in [0.5, 0.6) is 0 Å². The summed E-state index contributed by atoms with van der Waals surface area (Å²) in [7, 11) is -3.20. The van der Waals surface area contributed by atoms with Gasteiger partial charge in [-0.05, 0) is 17.7 Å². The highest BCUT2D eigenvalue weighted by atomic mass is 32.2. The summed E-state index contributed by atoms with van der Waals surface area (Å²) >= 11 is 0. The Balaban J connectivity index is 2.95. The zero-order valence-corrected chi connectivity index (χ0v) is 8.41. The Kier molecular flexibility index (Phi) is 2.90. The Labute approximate surface area is 82.1 Å². The number of carboxylic acid groups (broad SMARTS) is 1. The molecule has 1 N–H and O–H groups in total. The summed E-state index contributed by atoms with van der Waals surface area (Å²) in [6.07, 6.45) is 1.02. The summed E-state index contributed by atoms with van der Waals surface area (Å²) < 4.78 is 22.1. The van der Waals surface area contributed by atoms with E-state index in [0.29, 0.717) is 5.56 Å². The molecule has 4 nitrogen and oxygen atoms in total. The number of rotatable bonds is 3. The summed E-state index contributed by atoms with van der Waals surface area (Å²) in [4.78, 5) is 10.5. The summed E-state index contributed by atoms with van der Waals surface area (Å²) in [6, 6.07) is 5.83. The molecule has 0 fully saturated rings. The normalized spacial score (nSPS) is 11.2. The van der Waals surface area contributed by atoms with Crippen molar-refractivity contribution in [3.63, 3.8) is 0 Å².